The molecule has 21 heavy (non-hydrogen) atoms. The molecule has 1 N–H and O–H groups in total. The second-order valence-electron chi connectivity index (χ2n) is 7.05. The fraction of sp³-hybridized carbons (Fsp3) is 0.474. The number of nitrogens with zero attached hydrogens (tertiary/aromatic N) is 1. The maximum Gasteiger partial charge on any atom is 0.0922 e. The van der Waals surface area contributed by atoms with Crippen LogP contribution in [0.2, 0.25) is 0 Å². The fourth-order valence-electron chi connectivity index (χ4n) is 3.22. The van der Waals surface area contributed by atoms with Crippen LogP contribution in [0.15, 0.2) is 42.5 Å². The lowest BCUT2D eigenvalue weighted by molar-refractivity contribution is 0.0710. The highest BCUT2D eigenvalue weighted by Crippen LogP contribution is 2.31. The van der Waals surface area contributed by atoms with Crippen molar-refractivity contribution in [3.63, 3.8) is 0 Å². The van der Waals surface area contributed by atoms with Crippen molar-refractivity contribution in [1.29, 1.82) is 0 Å². The van der Waals surface area contributed by atoms with E-state index in [1.165, 1.54) is 23.6 Å². The molecular weight excluding hydrogens is 258 g/mol. The molecule has 1 atom stereocenters. The van der Waals surface area contributed by atoms with Gasteiger partial charge in [-0.3, -0.25) is 0 Å². The van der Waals surface area contributed by atoms with Crippen molar-refractivity contribution in [2.24, 2.45) is 5.41 Å². The zero-order valence-corrected chi connectivity index (χ0v) is 13.0. The summed E-state index contributed by atoms with van der Waals surface area (Å²) in [5.41, 5.74) is 1.51. The molecule has 1 aliphatic rings. The van der Waals surface area contributed by atoms with E-state index >= 15 is 0 Å². The van der Waals surface area contributed by atoms with Crippen molar-refractivity contribution in [1.82, 2.24) is 4.90 Å². The van der Waals surface area contributed by atoms with Crippen molar-refractivity contribution >= 4 is 10.8 Å². The quantitative estimate of drug-likeness (QED) is 0.920. The number of benzene rings is 2. The van der Waals surface area contributed by atoms with E-state index in [-0.39, 0.29) is 0 Å². The molecule has 2 heteroatoms. The number of aliphatic hydroxyl groups excluding tert-OH is 1. The number of β-amino-alcohol motifs (C(OH)–C–C–N with tert-alkyl or cyclic N) is 1. The van der Waals surface area contributed by atoms with Gasteiger partial charge in [-0.05, 0) is 47.7 Å². The molecule has 1 aliphatic heterocycles. The van der Waals surface area contributed by atoms with Gasteiger partial charge in [0.1, 0.15) is 0 Å². The number of aliphatic hydroxyl groups is 1. The highest BCUT2D eigenvalue weighted by atomic mass is 16.3. The summed E-state index contributed by atoms with van der Waals surface area (Å²) in [6, 6.07) is 14.5. The molecule has 1 heterocycles. The summed E-state index contributed by atoms with van der Waals surface area (Å²) >= 11 is 0. The number of likely N-dealkylation sites (tertiary alicyclic amines) is 1. The van der Waals surface area contributed by atoms with Gasteiger partial charge in [0.2, 0.25) is 0 Å². The molecule has 2 aromatic carbocycles. The minimum atomic E-state index is -0.405. The highest BCUT2D eigenvalue weighted by molar-refractivity contribution is 5.85. The van der Waals surface area contributed by atoms with Crippen LogP contribution in [-0.4, -0.2) is 29.6 Å². The molecule has 0 bridgehead atoms. The summed E-state index contributed by atoms with van der Waals surface area (Å²) in [6.45, 7) is 7.60. The second kappa shape index (κ2) is 5.78. The van der Waals surface area contributed by atoms with E-state index in [9.17, 15) is 5.11 Å². The number of fused-ring (bicyclic) bond motifs is 1. The fourth-order valence-corrected chi connectivity index (χ4v) is 3.22. The van der Waals surface area contributed by atoms with Crippen LogP contribution in [0, 0.1) is 5.41 Å². The maximum absolute atomic E-state index is 10.7. The number of hydrogen-bond donors (Lipinski definition) is 1. The molecule has 2 nitrogen and oxygen atoms in total. The van der Waals surface area contributed by atoms with E-state index in [1.807, 2.05) is 18.2 Å². The van der Waals surface area contributed by atoms with Crippen LogP contribution < -0.4 is 0 Å². The Bertz CT molecular complexity index is 604. The number of rotatable bonds is 3. The molecule has 0 amide bonds. The first-order valence-electron chi connectivity index (χ1n) is 7.93. The van der Waals surface area contributed by atoms with Crippen molar-refractivity contribution < 1.29 is 5.11 Å². The minimum absolute atomic E-state index is 0.405. The second-order valence-corrected chi connectivity index (χ2v) is 7.05. The predicted octanol–water partition coefficient (Wildman–Crippen LogP) is 4.00. The predicted molar refractivity (Wildman–Crippen MR) is 88.4 cm³/mol. The third-order valence-corrected chi connectivity index (χ3v) is 4.82. The van der Waals surface area contributed by atoms with E-state index < -0.39 is 6.10 Å². The van der Waals surface area contributed by atoms with Gasteiger partial charge in [-0.15, -0.1) is 0 Å². The Labute approximate surface area is 127 Å². The van der Waals surface area contributed by atoms with Crippen LogP contribution in [-0.2, 0) is 0 Å². The van der Waals surface area contributed by atoms with E-state index in [4.69, 9.17) is 0 Å². The lowest BCUT2D eigenvalue weighted by Gasteiger charge is -2.37. The summed E-state index contributed by atoms with van der Waals surface area (Å²) < 4.78 is 0. The Balaban J connectivity index is 1.74. The lowest BCUT2D eigenvalue weighted by Crippen LogP contribution is -2.39. The topological polar surface area (TPSA) is 23.5 Å². The summed E-state index contributed by atoms with van der Waals surface area (Å²) in [7, 11) is 0. The Morgan fingerprint density at radius 1 is 1.05 bits per heavy atom. The molecule has 112 valence electrons. The average molecular weight is 283 g/mol. The number of hydrogen-bond acceptors (Lipinski definition) is 2. The summed E-state index contributed by atoms with van der Waals surface area (Å²) in [4.78, 5) is 2.40. The molecule has 1 unspecified atom stereocenters. The molecule has 1 saturated heterocycles. The van der Waals surface area contributed by atoms with Crippen molar-refractivity contribution in [2.75, 3.05) is 19.6 Å². The Kier molecular flexibility index (Phi) is 4.01. The van der Waals surface area contributed by atoms with Crippen LogP contribution in [0.4, 0.5) is 0 Å². The van der Waals surface area contributed by atoms with Crippen LogP contribution in [0.1, 0.15) is 38.4 Å². The van der Waals surface area contributed by atoms with Gasteiger partial charge in [-0.1, -0.05) is 56.3 Å². The zero-order chi connectivity index (χ0) is 14.9. The third-order valence-electron chi connectivity index (χ3n) is 4.82. The molecule has 1 fully saturated rings. The van der Waals surface area contributed by atoms with Gasteiger partial charge in [0, 0.05) is 6.54 Å². The van der Waals surface area contributed by atoms with Crippen molar-refractivity contribution in [3.05, 3.63) is 48.0 Å². The standard InChI is InChI=1S/C19H25NO/c1-19(2)10-12-20(13-11-19)14-18(21)17-9-5-7-15-6-3-4-8-16(15)17/h3-9,18,21H,10-14H2,1-2H3. The van der Waals surface area contributed by atoms with Gasteiger partial charge in [-0.2, -0.15) is 0 Å². The van der Waals surface area contributed by atoms with Crippen LogP contribution in [0.25, 0.3) is 10.8 Å². The summed E-state index contributed by atoms with van der Waals surface area (Å²) in [5.74, 6) is 0. The lowest BCUT2D eigenvalue weighted by atomic mass is 9.82. The van der Waals surface area contributed by atoms with Gasteiger partial charge in [0.15, 0.2) is 0 Å². The first kappa shape index (κ1) is 14.6. The number of piperidine rings is 1. The SMILES string of the molecule is CC1(C)CCN(CC(O)c2cccc3ccccc23)CC1. The smallest absolute Gasteiger partial charge is 0.0922 e. The van der Waals surface area contributed by atoms with E-state index in [0.29, 0.717) is 5.41 Å². The first-order valence-corrected chi connectivity index (χ1v) is 7.93. The van der Waals surface area contributed by atoms with Crippen LogP contribution in [0.3, 0.4) is 0 Å². The van der Waals surface area contributed by atoms with E-state index in [0.717, 1.165) is 25.2 Å². The zero-order valence-electron chi connectivity index (χ0n) is 13.0. The largest absolute Gasteiger partial charge is 0.387 e. The monoisotopic (exact) mass is 283 g/mol. The highest BCUT2D eigenvalue weighted by Gasteiger charge is 2.26. The van der Waals surface area contributed by atoms with Gasteiger partial charge >= 0.3 is 0 Å². The molecule has 0 spiro atoms. The van der Waals surface area contributed by atoms with Crippen molar-refractivity contribution in [2.45, 2.75) is 32.8 Å². The van der Waals surface area contributed by atoms with E-state index in [2.05, 4.69) is 43.0 Å². The normalized spacial score (nSPS) is 20.5. The van der Waals surface area contributed by atoms with Gasteiger partial charge in [-0.25, -0.2) is 0 Å². The maximum atomic E-state index is 10.7. The molecule has 3 rings (SSSR count). The molecule has 0 aromatic heterocycles. The third kappa shape index (κ3) is 3.28. The molecular formula is C19H25NO. The minimum Gasteiger partial charge on any atom is -0.387 e. The van der Waals surface area contributed by atoms with Crippen LogP contribution >= 0.6 is 0 Å². The molecule has 0 aliphatic carbocycles. The summed E-state index contributed by atoms with van der Waals surface area (Å²) in [6.07, 6.45) is 2.03. The molecule has 0 saturated carbocycles. The van der Waals surface area contributed by atoms with Crippen LogP contribution in [0.5, 0.6) is 0 Å². The van der Waals surface area contributed by atoms with Gasteiger partial charge in [0.05, 0.1) is 6.10 Å². The van der Waals surface area contributed by atoms with Crippen molar-refractivity contribution in [3.8, 4) is 0 Å². The summed E-state index contributed by atoms with van der Waals surface area (Å²) in [5, 5.41) is 13.0. The van der Waals surface area contributed by atoms with Gasteiger partial charge in [0.25, 0.3) is 0 Å². The molecule has 0 radical (unpaired) electrons. The first-order chi connectivity index (χ1) is 10.1. The Morgan fingerprint density at radius 2 is 1.71 bits per heavy atom. The Morgan fingerprint density at radius 3 is 2.48 bits per heavy atom. The molecule has 2 aromatic rings. The van der Waals surface area contributed by atoms with E-state index in [1.54, 1.807) is 0 Å². The van der Waals surface area contributed by atoms with Gasteiger partial charge < -0.3 is 10.0 Å². The average Bonchev–Trinajstić information content (AvgIpc) is 2.49. The Hall–Kier alpha value is -1.38.